The van der Waals surface area contributed by atoms with Crippen LogP contribution in [0.2, 0.25) is 4.34 Å². The van der Waals surface area contributed by atoms with Crippen LogP contribution in [0.15, 0.2) is 28.7 Å². The van der Waals surface area contributed by atoms with Gasteiger partial charge in [0.2, 0.25) is 0 Å². The molecule has 1 aromatic carbocycles. The maximum atomic E-state index is 6.11. The van der Waals surface area contributed by atoms with Crippen molar-refractivity contribution in [2.45, 2.75) is 18.7 Å². The number of thiophene rings is 1. The summed E-state index contributed by atoms with van der Waals surface area (Å²) in [5.74, 6) is 0. The van der Waals surface area contributed by atoms with Gasteiger partial charge in [-0.25, -0.2) is 0 Å². The van der Waals surface area contributed by atoms with Crippen LogP contribution in [0.25, 0.3) is 0 Å². The Hall–Kier alpha value is 0.170. The molecule has 2 rings (SSSR count). The molecule has 1 atom stereocenters. The zero-order valence-electron chi connectivity index (χ0n) is 9.43. The molecule has 1 heterocycles. The molecule has 0 aliphatic heterocycles. The average Bonchev–Trinajstić information content (AvgIpc) is 2.57. The average molecular weight is 395 g/mol. The highest BCUT2D eigenvalue weighted by Crippen LogP contribution is 2.39. The van der Waals surface area contributed by atoms with Gasteiger partial charge in [-0.2, -0.15) is 0 Å². The molecule has 1 unspecified atom stereocenters. The Bertz CT molecular complexity index is 509. The maximum Gasteiger partial charge on any atom is 0.0960 e. The summed E-state index contributed by atoms with van der Waals surface area (Å²) < 4.78 is 1.98. The van der Waals surface area contributed by atoms with E-state index >= 15 is 0 Å². The van der Waals surface area contributed by atoms with E-state index in [1.807, 2.05) is 6.92 Å². The van der Waals surface area contributed by atoms with Crippen LogP contribution in [0.3, 0.4) is 0 Å². The number of alkyl halides is 1. The van der Waals surface area contributed by atoms with E-state index < -0.39 is 0 Å². The first-order valence-electron chi connectivity index (χ1n) is 5.14. The predicted octanol–water partition coefficient (Wildman–Crippen LogP) is 6.27. The second-order valence-corrected chi connectivity index (χ2v) is 7.55. The minimum Gasteiger partial charge on any atom is -0.127 e. The molecule has 0 fully saturated rings. The van der Waals surface area contributed by atoms with Crippen LogP contribution in [-0.4, -0.2) is 0 Å². The van der Waals surface area contributed by atoms with Crippen molar-refractivity contribution in [1.82, 2.24) is 0 Å². The summed E-state index contributed by atoms with van der Waals surface area (Å²) >= 11 is 15.0. The predicted molar refractivity (Wildman–Crippen MR) is 83.7 cm³/mol. The van der Waals surface area contributed by atoms with Gasteiger partial charge >= 0.3 is 0 Å². The van der Waals surface area contributed by atoms with E-state index in [-0.39, 0.29) is 4.83 Å². The molecule has 2 aromatic rings. The van der Waals surface area contributed by atoms with E-state index in [4.69, 9.17) is 11.6 Å². The van der Waals surface area contributed by atoms with Crippen molar-refractivity contribution in [2.75, 3.05) is 0 Å². The topological polar surface area (TPSA) is 0 Å². The minimum atomic E-state index is 0.204. The van der Waals surface area contributed by atoms with E-state index in [9.17, 15) is 0 Å². The summed E-state index contributed by atoms with van der Waals surface area (Å²) in [5, 5.41) is 0. The minimum absolute atomic E-state index is 0.204. The molecule has 90 valence electrons. The fourth-order valence-electron chi connectivity index (χ4n) is 1.68. The van der Waals surface area contributed by atoms with Gasteiger partial charge in [0.05, 0.1) is 9.16 Å². The molecule has 0 N–H and O–H groups in total. The first-order chi connectivity index (χ1) is 7.97. The summed E-state index contributed by atoms with van der Waals surface area (Å²) in [5.41, 5.74) is 3.64. The zero-order valence-corrected chi connectivity index (χ0v) is 14.2. The van der Waals surface area contributed by atoms with Gasteiger partial charge in [0, 0.05) is 9.35 Å². The Morgan fingerprint density at radius 3 is 2.41 bits per heavy atom. The third kappa shape index (κ3) is 3.14. The van der Waals surface area contributed by atoms with Crippen molar-refractivity contribution < 1.29 is 0 Å². The molecule has 0 aliphatic rings. The Kier molecular flexibility index (Phi) is 4.35. The highest BCUT2D eigenvalue weighted by atomic mass is 79.9. The summed E-state index contributed by atoms with van der Waals surface area (Å²) in [7, 11) is 0. The van der Waals surface area contributed by atoms with E-state index in [1.54, 1.807) is 11.3 Å². The van der Waals surface area contributed by atoms with Crippen LogP contribution in [0, 0.1) is 13.8 Å². The van der Waals surface area contributed by atoms with Gasteiger partial charge in [-0.1, -0.05) is 49.5 Å². The number of rotatable bonds is 2. The molecular formula is C13H11Br2ClS. The summed E-state index contributed by atoms with van der Waals surface area (Å²) in [6.45, 7) is 4.13. The molecule has 0 spiro atoms. The number of hydrogen-bond donors (Lipinski definition) is 0. The number of aryl methyl sites for hydroxylation is 2. The molecule has 0 saturated carbocycles. The normalized spacial score (nSPS) is 12.8. The van der Waals surface area contributed by atoms with Crippen molar-refractivity contribution >= 4 is 54.8 Å². The molecule has 0 aliphatic carbocycles. The maximum absolute atomic E-state index is 6.11. The molecule has 0 saturated heterocycles. The SMILES string of the molecule is Cc1cc(Br)cc(C(Br)c2cc(C)c(Cl)s2)c1. The van der Waals surface area contributed by atoms with E-state index in [1.165, 1.54) is 16.0 Å². The van der Waals surface area contributed by atoms with Crippen molar-refractivity contribution in [3.63, 3.8) is 0 Å². The van der Waals surface area contributed by atoms with E-state index in [2.05, 4.69) is 63.0 Å². The lowest BCUT2D eigenvalue weighted by molar-refractivity contribution is 1.20. The highest BCUT2D eigenvalue weighted by Gasteiger charge is 2.15. The van der Waals surface area contributed by atoms with Gasteiger partial charge in [-0.3, -0.25) is 0 Å². The second kappa shape index (κ2) is 5.43. The van der Waals surface area contributed by atoms with Crippen molar-refractivity contribution in [3.8, 4) is 0 Å². The standard InChI is InChI=1S/C13H11Br2ClS/c1-7-3-9(6-10(14)4-7)12(15)11-5-8(2)13(16)17-11/h3-6,12H,1-2H3. The van der Waals surface area contributed by atoms with Crippen LogP contribution in [0.1, 0.15) is 26.4 Å². The third-order valence-corrected chi connectivity index (χ3v) is 5.89. The monoisotopic (exact) mass is 392 g/mol. The Labute approximate surface area is 127 Å². The Morgan fingerprint density at radius 1 is 1.18 bits per heavy atom. The lowest BCUT2D eigenvalue weighted by atomic mass is 10.1. The fraction of sp³-hybridized carbons (Fsp3) is 0.231. The number of benzene rings is 1. The molecule has 17 heavy (non-hydrogen) atoms. The van der Waals surface area contributed by atoms with Gasteiger partial charge in [0.15, 0.2) is 0 Å². The summed E-state index contributed by atoms with van der Waals surface area (Å²) in [6.07, 6.45) is 0. The molecular weight excluding hydrogens is 383 g/mol. The van der Waals surface area contributed by atoms with Gasteiger partial charge in [0.25, 0.3) is 0 Å². The smallest absolute Gasteiger partial charge is 0.0960 e. The highest BCUT2D eigenvalue weighted by molar-refractivity contribution is 9.10. The van der Waals surface area contributed by atoms with E-state index in [0.717, 1.165) is 14.4 Å². The quantitative estimate of drug-likeness (QED) is 0.527. The Balaban J connectivity index is 2.39. The summed E-state index contributed by atoms with van der Waals surface area (Å²) in [6, 6.07) is 8.57. The zero-order chi connectivity index (χ0) is 12.6. The van der Waals surface area contributed by atoms with Gasteiger partial charge in [-0.05, 0) is 48.7 Å². The lowest BCUT2D eigenvalue weighted by Crippen LogP contribution is -1.90. The van der Waals surface area contributed by atoms with Crippen molar-refractivity contribution in [3.05, 3.63) is 54.6 Å². The van der Waals surface area contributed by atoms with Crippen molar-refractivity contribution in [1.29, 1.82) is 0 Å². The molecule has 0 radical (unpaired) electrons. The Morgan fingerprint density at radius 2 is 1.88 bits per heavy atom. The van der Waals surface area contributed by atoms with Crippen LogP contribution >= 0.6 is 54.8 Å². The third-order valence-electron chi connectivity index (χ3n) is 2.48. The second-order valence-electron chi connectivity index (χ2n) is 4.03. The molecule has 0 bridgehead atoms. The van der Waals surface area contributed by atoms with Gasteiger partial charge in [0.1, 0.15) is 0 Å². The first-order valence-corrected chi connectivity index (χ1v) is 8.04. The summed E-state index contributed by atoms with van der Waals surface area (Å²) in [4.78, 5) is 1.44. The van der Waals surface area contributed by atoms with Crippen LogP contribution < -0.4 is 0 Å². The number of halogens is 3. The van der Waals surface area contributed by atoms with Crippen LogP contribution in [-0.2, 0) is 0 Å². The number of hydrogen-bond acceptors (Lipinski definition) is 1. The van der Waals surface area contributed by atoms with E-state index in [0.29, 0.717) is 0 Å². The van der Waals surface area contributed by atoms with Crippen LogP contribution in [0.4, 0.5) is 0 Å². The lowest BCUT2D eigenvalue weighted by Gasteiger charge is -2.09. The molecule has 0 amide bonds. The molecule has 1 aromatic heterocycles. The van der Waals surface area contributed by atoms with Gasteiger partial charge < -0.3 is 0 Å². The fourth-order valence-corrected chi connectivity index (χ4v) is 4.21. The van der Waals surface area contributed by atoms with Crippen molar-refractivity contribution in [2.24, 2.45) is 0 Å². The molecule has 4 heteroatoms. The largest absolute Gasteiger partial charge is 0.127 e. The first kappa shape index (κ1) is 13.6. The van der Waals surface area contributed by atoms with Crippen LogP contribution in [0.5, 0.6) is 0 Å². The molecule has 0 nitrogen and oxygen atoms in total. The van der Waals surface area contributed by atoms with Gasteiger partial charge in [-0.15, -0.1) is 11.3 Å².